The minimum Gasteiger partial charge on any atom is -0.456 e. The number of ether oxygens (including phenoxy) is 1. The predicted molar refractivity (Wildman–Crippen MR) is 234 cm³/mol. The Morgan fingerprint density at radius 1 is 0.386 bits per heavy atom. The lowest BCUT2D eigenvalue weighted by Gasteiger charge is -2.21. The minimum absolute atomic E-state index is 0.634. The molecule has 0 aliphatic carbocycles. The van der Waals surface area contributed by atoms with Crippen molar-refractivity contribution in [3.63, 3.8) is 0 Å². The van der Waals surface area contributed by atoms with Gasteiger partial charge in [0.2, 0.25) is 5.95 Å². The maximum atomic E-state index is 6.32. The third-order valence-electron chi connectivity index (χ3n) is 11.9. The number of rotatable bonds is 3. The lowest BCUT2D eigenvalue weighted by molar-refractivity contribution is 0.486. The number of hydrogen-bond donors (Lipinski definition) is 0. The van der Waals surface area contributed by atoms with Crippen LogP contribution in [0.2, 0.25) is 0 Å². The molecule has 5 nitrogen and oxygen atoms in total. The molecule has 13 rings (SSSR count). The van der Waals surface area contributed by atoms with Crippen molar-refractivity contribution in [2.75, 3.05) is 0 Å². The van der Waals surface area contributed by atoms with Gasteiger partial charge in [-0.25, -0.2) is 9.97 Å². The van der Waals surface area contributed by atoms with Crippen LogP contribution in [-0.2, 0) is 0 Å². The van der Waals surface area contributed by atoms with Crippen molar-refractivity contribution in [1.29, 1.82) is 0 Å². The second-order valence-electron chi connectivity index (χ2n) is 15.0. The monoisotopic (exact) mass is 726 g/mol. The fraction of sp³-hybridized carbons (Fsp3) is 0. The van der Waals surface area contributed by atoms with Gasteiger partial charge < -0.3 is 9.30 Å². The van der Waals surface area contributed by atoms with E-state index >= 15 is 0 Å². The van der Waals surface area contributed by atoms with Crippen LogP contribution in [0, 0.1) is 0 Å². The lowest BCUT2D eigenvalue weighted by Crippen LogP contribution is -2.06. The molecule has 0 bridgehead atoms. The van der Waals surface area contributed by atoms with Crippen LogP contribution < -0.4 is 4.74 Å². The summed E-state index contributed by atoms with van der Waals surface area (Å²) in [5.74, 6) is 2.22. The predicted octanol–water partition coefficient (Wildman–Crippen LogP) is 13.6. The first kappa shape index (κ1) is 30.6. The molecule has 5 heteroatoms. The Hall–Kier alpha value is -7.76. The fourth-order valence-corrected chi connectivity index (χ4v) is 9.32. The number of para-hydroxylation sites is 2. The van der Waals surface area contributed by atoms with Crippen molar-refractivity contribution in [2.45, 2.75) is 0 Å². The Bertz CT molecular complexity index is 3690. The quantitative estimate of drug-likeness (QED) is 0.182. The maximum absolute atomic E-state index is 6.32. The summed E-state index contributed by atoms with van der Waals surface area (Å²) in [6.07, 6.45) is 0. The standard InChI is InChI=1S/C52H30N4O/c1-2-12-33-28-36(24-20-31(33)10-1)55-44-26-23-34(29-41(44)49-37-13-4-3-11-32(37)22-27-45(49)55)35-21-25-39-38-14-5-7-17-43(38)56(46(39)30-35)52-53-42-16-9-19-48-50(42)51(54-52)40-15-6-8-18-47(40)57-48/h1-30H. The first-order valence-electron chi connectivity index (χ1n) is 19.3. The third-order valence-corrected chi connectivity index (χ3v) is 11.9. The smallest absolute Gasteiger partial charge is 0.235 e. The van der Waals surface area contributed by atoms with Gasteiger partial charge in [-0.2, -0.15) is 0 Å². The molecule has 1 aliphatic heterocycles. The zero-order valence-corrected chi connectivity index (χ0v) is 30.5. The molecule has 57 heavy (non-hydrogen) atoms. The van der Waals surface area contributed by atoms with Gasteiger partial charge in [-0.15, -0.1) is 0 Å². The van der Waals surface area contributed by atoms with E-state index in [0.29, 0.717) is 5.95 Å². The topological polar surface area (TPSA) is 44.9 Å². The van der Waals surface area contributed by atoms with Crippen LogP contribution in [0.5, 0.6) is 11.5 Å². The van der Waals surface area contributed by atoms with Gasteiger partial charge in [-0.05, 0) is 99.4 Å². The summed E-state index contributed by atoms with van der Waals surface area (Å²) in [4.78, 5) is 10.6. The molecular weight excluding hydrogens is 697 g/mol. The van der Waals surface area contributed by atoms with Crippen molar-refractivity contribution in [3.05, 3.63) is 182 Å². The second-order valence-corrected chi connectivity index (χ2v) is 15.0. The van der Waals surface area contributed by atoms with E-state index in [9.17, 15) is 0 Å². The molecule has 4 heterocycles. The van der Waals surface area contributed by atoms with Gasteiger partial charge in [0.1, 0.15) is 11.5 Å². The van der Waals surface area contributed by atoms with E-state index in [-0.39, 0.29) is 0 Å². The fourth-order valence-electron chi connectivity index (χ4n) is 9.32. The van der Waals surface area contributed by atoms with E-state index in [0.717, 1.165) is 72.3 Å². The highest BCUT2D eigenvalue weighted by Gasteiger charge is 2.25. The SMILES string of the molecule is c1ccc2c(c1)Oc1cccc3nc(-n4c5ccccc5c5ccc(-c6ccc7c(c6)c6c8ccccc8ccc6n7-c6ccc7ccccc7c6)cc54)nc-2c13. The summed E-state index contributed by atoms with van der Waals surface area (Å²) in [7, 11) is 0. The minimum atomic E-state index is 0.634. The Morgan fingerprint density at radius 3 is 2.04 bits per heavy atom. The average Bonchev–Trinajstić information content (AvgIpc) is 3.78. The average molecular weight is 727 g/mol. The number of benzene rings is 9. The molecule has 0 unspecified atom stereocenters. The van der Waals surface area contributed by atoms with Gasteiger partial charge in [0, 0.05) is 32.8 Å². The van der Waals surface area contributed by atoms with Gasteiger partial charge >= 0.3 is 0 Å². The summed E-state index contributed by atoms with van der Waals surface area (Å²) < 4.78 is 11.0. The Labute approximate surface area is 326 Å². The highest BCUT2D eigenvalue weighted by atomic mass is 16.5. The molecule has 0 amide bonds. The molecule has 0 saturated heterocycles. The Morgan fingerprint density at radius 2 is 1.09 bits per heavy atom. The van der Waals surface area contributed by atoms with Gasteiger partial charge in [-0.1, -0.05) is 115 Å². The highest BCUT2D eigenvalue weighted by molar-refractivity contribution is 6.22. The zero-order valence-electron chi connectivity index (χ0n) is 30.5. The van der Waals surface area contributed by atoms with E-state index < -0.39 is 0 Å². The van der Waals surface area contributed by atoms with Crippen molar-refractivity contribution < 1.29 is 4.74 Å². The van der Waals surface area contributed by atoms with E-state index in [4.69, 9.17) is 14.7 Å². The molecule has 0 spiro atoms. The Kier molecular flexibility index (Phi) is 6.10. The summed E-state index contributed by atoms with van der Waals surface area (Å²) in [5.41, 5.74) is 10.6. The number of aromatic nitrogens is 4. The van der Waals surface area contributed by atoms with Crippen LogP contribution in [0.25, 0.3) is 110 Å². The highest BCUT2D eigenvalue weighted by Crippen LogP contribution is 2.46. The van der Waals surface area contributed by atoms with Gasteiger partial charge in [0.25, 0.3) is 0 Å². The molecule has 0 fully saturated rings. The molecule has 1 aliphatic rings. The summed E-state index contributed by atoms with van der Waals surface area (Å²) in [6.45, 7) is 0. The second kappa shape index (κ2) is 11.4. The largest absolute Gasteiger partial charge is 0.456 e. The molecule has 3 aromatic heterocycles. The number of hydrogen-bond acceptors (Lipinski definition) is 3. The third kappa shape index (κ3) is 4.34. The van der Waals surface area contributed by atoms with Crippen LogP contribution in [0.15, 0.2) is 182 Å². The van der Waals surface area contributed by atoms with Crippen molar-refractivity contribution in [1.82, 2.24) is 19.1 Å². The molecule has 0 radical (unpaired) electrons. The molecule has 0 atom stereocenters. The summed E-state index contributed by atoms with van der Waals surface area (Å²) in [5, 5.41) is 10.7. The van der Waals surface area contributed by atoms with Crippen molar-refractivity contribution in [2.24, 2.45) is 0 Å². The van der Waals surface area contributed by atoms with Gasteiger partial charge in [0.15, 0.2) is 0 Å². The van der Waals surface area contributed by atoms with E-state index in [2.05, 4.69) is 161 Å². The molecule has 0 saturated carbocycles. The Balaban J connectivity index is 1.06. The maximum Gasteiger partial charge on any atom is 0.235 e. The van der Waals surface area contributed by atoms with E-state index in [1.807, 2.05) is 30.3 Å². The molecule has 264 valence electrons. The van der Waals surface area contributed by atoms with Gasteiger partial charge in [-0.3, -0.25) is 4.57 Å². The van der Waals surface area contributed by atoms with Crippen LogP contribution in [-0.4, -0.2) is 19.1 Å². The van der Waals surface area contributed by atoms with Crippen LogP contribution in [0.4, 0.5) is 0 Å². The molecule has 12 aromatic rings. The van der Waals surface area contributed by atoms with E-state index in [1.54, 1.807) is 0 Å². The lowest BCUT2D eigenvalue weighted by atomic mass is 9.99. The number of nitrogens with zero attached hydrogens (tertiary/aromatic N) is 4. The molecular formula is C52H30N4O. The van der Waals surface area contributed by atoms with Crippen LogP contribution in [0.3, 0.4) is 0 Å². The summed E-state index contributed by atoms with van der Waals surface area (Å²) >= 11 is 0. The first-order valence-corrected chi connectivity index (χ1v) is 19.3. The zero-order chi connectivity index (χ0) is 37.2. The number of fused-ring (bicyclic) bond motifs is 11. The van der Waals surface area contributed by atoms with Crippen LogP contribution >= 0.6 is 0 Å². The molecule has 9 aromatic carbocycles. The van der Waals surface area contributed by atoms with Crippen LogP contribution in [0.1, 0.15) is 0 Å². The van der Waals surface area contributed by atoms with Crippen molar-refractivity contribution in [3.8, 4) is 45.5 Å². The van der Waals surface area contributed by atoms with Gasteiger partial charge in [0.05, 0.1) is 38.7 Å². The normalized spacial score (nSPS) is 12.4. The molecule has 0 N–H and O–H groups in total. The van der Waals surface area contributed by atoms with E-state index in [1.165, 1.54) is 43.4 Å². The van der Waals surface area contributed by atoms with Crippen molar-refractivity contribution >= 4 is 76.1 Å². The summed E-state index contributed by atoms with van der Waals surface area (Å²) in [6, 6.07) is 65.1. The first-order chi connectivity index (χ1) is 28.2.